The second kappa shape index (κ2) is 9.16. The quantitative estimate of drug-likeness (QED) is 0.328. The van der Waals surface area contributed by atoms with E-state index >= 15 is 0 Å². The van der Waals surface area contributed by atoms with Crippen LogP contribution in [0.2, 0.25) is 0 Å². The average Bonchev–Trinajstić information content (AvgIpc) is 3.43. The number of benzene rings is 2. The summed E-state index contributed by atoms with van der Waals surface area (Å²) in [6.45, 7) is 3.79. The Morgan fingerprint density at radius 3 is 2.35 bits per heavy atom. The van der Waals surface area contributed by atoms with Crippen LogP contribution in [-0.2, 0) is 12.7 Å². The minimum absolute atomic E-state index is 0.0220. The lowest BCUT2D eigenvalue weighted by atomic mass is 10.1. The van der Waals surface area contributed by atoms with Gasteiger partial charge in [-0.2, -0.15) is 23.4 Å². The monoisotopic (exact) mass is 508 g/mol. The van der Waals surface area contributed by atoms with E-state index < -0.39 is 23.6 Å². The summed E-state index contributed by atoms with van der Waals surface area (Å²) in [6.07, 6.45) is -4.77. The van der Waals surface area contributed by atoms with Crippen molar-refractivity contribution in [3.05, 3.63) is 101 Å². The molecule has 188 valence electrons. The molecule has 11 heteroatoms. The van der Waals surface area contributed by atoms with E-state index in [0.717, 1.165) is 35.1 Å². The van der Waals surface area contributed by atoms with Crippen molar-refractivity contribution in [1.82, 2.24) is 29.7 Å². The highest BCUT2D eigenvalue weighted by molar-refractivity contribution is 5.93. The summed E-state index contributed by atoms with van der Waals surface area (Å²) in [4.78, 5) is 17.1. The number of aromatic nitrogens is 5. The van der Waals surface area contributed by atoms with Gasteiger partial charge in [0.05, 0.1) is 17.1 Å². The van der Waals surface area contributed by atoms with Crippen molar-refractivity contribution in [2.45, 2.75) is 26.6 Å². The van der Waals surface area contributed by atoms with Crippen molar-refractivity contribution in [3.63, 3.8) is 0 Å². The zero-order valence-electron chi connectivity index (χ0n) is 19.7. The van der Waals surface area contributed by atoms with Crippen molar-refractivity contribution in [2.75, 3.05) is 0 Å². The van der Waals surface area contributed by atoms with Crippen LogP contribution in [-0.4, -0.2) is 30.3 Å². The predicted octanol–water partition coefficient (Wildman–Crippen LogP) is 5.29. The molecule has 0 bridgehead atoms. The SMILES string of the molecule is Cc1nn(-c2ccccc2)c(C)c1CNC(=O)c1cc2nc(-c3ccc(F)cc3)cc(C(F)(F)F)n2n1. The minimum Gasteiger partial charge on any atom is -0.346 e. The average molecular weight is 508 g/mol. The van der Waals surface area contributed by atoms with Crippen molar-refractivity contribution >= 4 is 11.6 Å². The molecule has 0 radical (unpaired) electrons. The second-order valence-corrected chi connectivity index (χ2v) is 8.41. The molecule has 3 heterocycles. The van der Waals surface area contributed by atoms with Gasteiger partial charge in [-0.1, -0.05) is 18.2 Å². The van der Waals surface area contributed by atoms with Crippen LogP contribution in [0.15, 0.2) is 66.7 Å². The Labute approximate surface area is 208 Å². The number of alkyl halides is 3. The number of amides is 1. The number of hydrogen-bond donors (Lipinski definition) is 1. The van der Waals surface area contributed by atoms with E-state index in [0.29, 0.717) is 15.8 Å². The number of fused-ring (bicyclic) bond motifs is 1. The van der Waals surface area contributed by atoms with E-state index in [-0.39, 0.29) is 23.6 Å². The van der Waals surface area contributed by atoms with Crippen LogP contribution in [0, 0.1) is 19.7 Å². The maximum absolute atomic E-state index is 13.8. The maximum atomic E-state index is 13.8. The predicted molar refractivity (Wildman–Crippen MR) is 128 cm³/mol. The topological polar surface area (TPSA) is 77.1 Å². The Morgan fingerprint density at radius 1 is 0.973 bits per heavy atom. The molecule has 37 heavy (non-hydrogen) atoms. The first kappa shape index (κ1) is 24.2. The number of aryl methyl sites for hydroxylation is 1. The van der Waals surface area contributed by atoms with Gasteiger partial charge in [0.1, 0.15) is 5.82 Å². The van der Waals surface area contributed by atoms with Crippen LogP contribution >= 0.6 is 0 Å². The molecular weight excluding hydrogens is 488 g/mol. The molecule has 0 aliphatic heterocycles. The van der Waals surface area contributed by atoms with Crippen molar-refractivity contribution in [3.8, 4) is 16.9 Å². The van der Waals surface area contributed by atoms with Gasteiger partial charge in [0.2, 0.25) is 0 Å². The molecule has 0 aliphatic rings. The van der Waals surface area contributed by atoms with Gasteiger partial charge in [0, 0.05) is 29.4 Å². The van der Waals surface area contributed by atoms with E-state index in [1.165, 1.54) is 18.2 Å². The van der Waals surface area contributed by atoms with E-state index in [2.05, 4.69) is 20.5 Å². The van der Waals surface area contributed by atoms with Gasteiger partial charge in [-0.25, -0.2) is 18.6 Å². The molecule has 0 saturated heterocycles. The maximum Gasteiger partial charge on any atom is 0.433 e. The third-order valence-corrected chi connectivity index (χ3v) is 5.96. The molecule has 5 aromatic rings. The molecule has 7 nitrogen and oxygen atoms in total. The van der Waals surface area contributed by atoms with Crippen LogP contribution in [0.1, 0.15) is 33.1 Å². The van der Waals surface area contributed by atoms with Crippen LogP contribution in [0.4, 0.5) is 17.6 Å². The van der Waals surface area contributed by atoms with Gasteiger partial charge in [-0.05, 0) is 56.3 Å². The summed E-state index contributed by atoms with van der Waals surface area (Å²) >= 11 is 0. The van der Waals surface area contributed by atoms with Gasteiger partial charge >= 0.3 is 6.18 Å². The normalized spacial score (nSPS) is 11.7. The lowest BCUT2D eigenvalue weighted by Crippen LogP contribution is -2.24. The summed E-state index contributed by atoms with van der Waals surface area (Å²) in [6, 6.07) is 16.4. The Hall–Kier alpha value is -4.54. The van der Waals surface area contributed by atoms with Crippen LogP contribution in [0.25, 0.3) is 22.6 Å². The number of carbonyl (C=O) groups is 1. The number of carbonyl (C=O) groups excluding carboxylic acids is 1. The highest BCUT2D eigenvalue weighted by Crippen LogP contribution is 2.32. The lowest BCUT2D eigenvalue weighted by Gasteiger charge is -2.11. The fourth-order valence-corrected chi connectivity index (χ4v) is 4.07. The molecular formula is C26H20F4N6O. The summed E-state index contributed by atoms with van der Waals surface area (Å²) in [5, 5.41) is 11.1. The molecule has 0 atom stereocenters. The number of rotatable bonds is 5. The fraction of sp³-hybridized carbons (Fsp3) is 0.154. The summed E-state index contributed by atoms with van der Waals surface area (Å²) in [7, 11) is 0. The van der Waals surface area contributed by atoms with Crippen LogP contribution in [0.5, 0.6) is 0 Å². The molecule has 0 unspecified atom stereocenters. The number of nitrogens with zero attached hydrogens (tertiary/aromatic N) is 5. The number of halogens is 4. The molecule has 0 fully saturated rings. The van der Waals surface area contributed by atoms with E-state index in [1.807, 2.05) is 44.2 Å². The van der Waals surface area contributed by atoms with Gasteiger partial charge in [0.25, 0.3) is 5.91 Å². The third-order valence-electron chi connectivity index (χ3n) is 5.96. The number of nitrogens with one attached hydrogen (secondary N) is 1. The van der Waals surface area contributed by atoms with Gasteiger partial charge in [-0.3, -0.25) is 4.79 Å². The second-order valence-electron chi connectivity index (χ2n) is 8.41. The molecule has 1 amide bonds. The fourth-order valence-electron chi connectivity index (χ4n) is 4.07. The van der Waals surface area contributed by atoms with Gasteiger partial charge in [-0.15, -0.1) is 0 Å². The van der Waals surface area contributed by atoms with Crippen molar-refractivity contribution in [2.24, 2.45) is 0 Å². The number of hydrogen-bond acceptors (Lipinski definition) is 4. The molecule has 0 spiro atoms. The molecule has 2 aromatic carbocycles. The Bertz CT molecular complexity index is 1600. The smallest absolute Gasteiger partial charge is 0.346 e. The van der Waals surface area contributed by atoms with Gasteiger partial charge in [0.15, 0.2) is 17.0 Å². The van der Waals surface area contributed by atoms with Crippen molar-refractivity contribution < 1.29 is 22.4 Å². The van der Waals surface area contributed by atoms with Crippen LogP contribution < -0.4 is 5.32 Å². The molecule has 0 saturated carbocycles. The Balaban J connectivity index is 1.45. The largest absolute Gasteiger partial charge is 0.433 e. The van der Waals surface area contributed by atoms with E-state index in [4.69, 9.17) is 0 Å². The van der Waals surface area contributed by atoms with E-state index in [1.54, 1.807) is 4.68 Å². The molecule has 0 aliphatic carbocycles. The highest BCUT2D eigenvalue weighted by atomic mass is 19.4. The molecule has 5 rings (SSSR count). The standard InChI is InChI=1S/C26H20F4N6O/c1-15-20(16(2)35(33-15)19-6-4-3-5-7-19)14-31-25(37)22-13-24-32-21(17-8-10-18(27)11-9-17)12-23(26(28,29)30)36(24)34-22/h3-13H,14H2,1-2H3,(H,31,37). The third kappa shape index (κ3) is 4.67. The zero-order valence-corrected chi connectivity index (χ0v) is 19.7. The molecule has 1 N–H and O–H groups in total. The Kier molecular flexibility index (Phi) is 5.98. The first-order valence-corrected chi connectivity index (χ1v) is 11.2. The summed E-state index contributed by atoms with van der Waals surface area (Å²) in [5.74, 6) is -1.18. The minimum atomic E-state index is -4.77. The summed E-state index contributed by atoms with van der Waals surface area (Å²) < 4.78 is 57.1. The highest BCUT2D eigenvalue weighted by Gasteiger charge is 2.35. The Morgan fingerprint density at radius 2 is 1.68 bits per heavy atom. The number of para-hydroxylation sites is 1. The van der Waals surface area contributed by atoms with E-state index in [9.17, 15) is 22.4 Å². The van der Waals surface area contributed by atoms with Crippen molar-refractivity contribution in [1.29, 1.82) is 0 Å². The van der Waals surface area contributed by atoms with Gasteiger partial charge < -0.3 is 5.32 Å². The lowest BCUT2D eigenvalue weighted by molar-refractivity contribution is -0.142. The first-order chi connectivity index (χ1) is 17.6. The summed E-state index contributed by atoms with van der Waals surface area (Å²) in [5.41, 5.74) is 1.97. The van der Waals surface area contributed by atoms with Crippen LogP contribution in [0.3, 0.4) is 0 Å². The first-order valence-electron chi connectivity index (χ1n) is 11.2. The zero-order chi connectivity index (χ0) is 26.3. The molecule has 3 aromatic heterocycles.